The fourth-order valence-electron chi connectivity index (χ4n) is 2.04. The van der Waals surface area contributed by atoms with Gasteiger partial charge in [0.15, 0.2) is 0 Å². The van der Waals surface area contributed by atoms with Crippen LogP contribution in [0.15, 0.2) is 0 Å². The van der Waals surface area contributed by atoms with Gasteiger partial charge < -0.3 is 4.90 Å². The number of piperazine rings is 1. The maximum Gasteiger partial charge on any atom is 0.222 e. The van der Waals surface area contributed by atoms with Crippen LogP contribution in [0.4, 0.5) is 0 Å². The summed E-state index contributed by atoms with van der Waals surface area (Å²) < 4.78 is 25.5. The van der Waals surface area contributed by atoms with Gasteiger partial charge in [0, 0.05) is 32.6 Å². The molecular weight excluding hydrogens is 252 g/mol. The molecule has 0 atom stereocenters. The Labute approximate surface area is 110 Å². The summed E-state index contributed by atoms with van der Waals surface area (Å²) in [4.78, 5) is 13.5. The van der Waals surface area contributed by atoms with Crippen molar-refractivity contribution >= 4 is 15.9 Å². The molecule has 1 saturated heterocycles. The number of nitrogens with zero attached hydrogens (tertiary/aromatic N) is 2. The molecule has 0 aromatic carbocycles. The minimum absolute atomic E-state index is 0.142. The average Bonchev–Trinajstić information content (AvgIpc) is 2.37. The van der Waals surface area contributed by atoms with Crippen molar-refractivity contribution in [3.05, 3.63) is 0 Å². The van der Waals surface area contributed by atoms with Crippen LogP contribution in [0.3, 0.4) is 0 Å². The van der Waals surface area contributed by atoms with E-state index in [1.54, 1.807) is 4.90 Å². The topological polar surface area (TPSA) is 57.7 Å². The number of hydrogen-bond donors (Lipinski definition) is 0. The largest absolute Gasteiger partial charge is 0.340 e. The van der Waals surface area contributed by atoms with Crippen molar-refractivity contribution in [2.45, 2.75) is 39.5 Å². The molecule has 1 heterocycles. The fraction of sp³-hybridized carbons (Fsp3) is 0.917. The number of amides is 1. The van der Waals surface area contributed by atoms with Crippen molar-refractivity contribution < 1.29 is 13.2 Å². The molecule has 0 aromatic rings. The van der Waals surface area contributed by atoms with Crippen LogP contribution in [0.5, 0.6) is 0 Å². The van der Waals surface area contributed by atoms with Gasteiger partial charge in [0.05, 0.1) is 5.75 Å². The zero-order chi connectivity index (χ0) is 13.6. The molecular formula is C12H24N2O3S. The minimum atomic E-state index is -3.11. The predicted octanol–water partition coefficient (Wildman–Crippen LogP) is 1.06. The van der Waals surface area contributed by atoms with E-state index in [0.29, 0.717) is 39.0 Å². The monoisotopic (exact) mass is 276 g/mol. The van der Waals surface area contributed by atoms with Crippen LogP contribution in [-0.2, 0) is 14.8 Å². The Balaban J connectivity index is 2.46. The van der Waals surface area contributed by atoms with Crippen LogP contribution < -0.4 is 0 Å². The Kier molecular flexibility index (Phi) is 6.08. The third-order valence-corrected chi connectivity index (χ3v) is 5.16. The van der Waals surface area contributed by atoms with E-state index in [-0.39, 0.29) is 11.7 Å². The molecule has 0 aromatic heterocycles. The number of unbranched alkanes of at least 4 members (excludes halogenated alkanes) is 1. The summed E-state index contributed by atoms with van der Waals surface area (Å²) in [7, 11) is -3.11. The first kappa shape index (κ1) is 15.4. The lowest BCUT2D eigenvalue weighted by molar-refractivity contribution is -0.132. The lowest BCUT2D eigenvalue weighted by atomic mass is 10.2. The summed E-state index contributed by atoms with van der Waals surface area (Å²) in [5.74, 6) is 0.370. The van der Waals surface area contributed by atoms with Gasteiger partial charge in [0.2, 0.25) is 15.9 Å². The number of carbonyl (C=O) groups excluding carboxylic acids is 1. The highest BCUT2D eigenvalue weighted by Gasteiger charge is 2.27. The average molecular weight is 276 g/mol. The van der Waals surface area contributed by atoms with Crippen molar-refractivity contribution in [2.24, 2.45) is 0 Å². The molecule has 1 aliphatic rings. The second kappa shape index (κ2) is 7.09. The minimum Gasteiger partial charge on any atom is -0.340 e. The highest BCUT2D eigenvalue weighted by atomic mass is 32.2. The fourth-order valence-corrected chi connectivity index (χ4v) is 3.67. The van der Waals surface area contributed by atoms with Gasteiger partial charge in [0.25, 0.3) is 0 Å². The Morgan fingerprint density at radius 2 is 1.67 bits per heavy atom. The van der Waals surface area contributed by atoms with Gasteiger partial charge in [-0.05, 0) is 12.8 Å². The van der Waals surface area contributed by atoms with Crippen molar-refractivity contribution in [2.75, 3.05) is 31.9 Å². The summed E-state index contributed by atoms with van der Waals surface area (Å²) >= 11 is 0. The van der Waals surface area contributed by atoms with Gasteiger partial charge in [-0.3, -0.25) is 4.79 Å². The van der Waals surface area contributed by atoms with Crippen LogP contribution in [0.25, 0.3) is 0 Å². The molecule has 1 aliphatic heterocycles. The summed E-state index contributed by atoms with van der Waals surface area (Å²) in [6.07, 6.45) is 2.99. The Hall–Kier alpha value is -0.620. The van der Waals surface area contributed by atoms with Crippen molar-refractivity contribution in [3.63, 3.8) is 0 Å². The van der Waals surface area contributed by atoms with Gasteiger partial charge in [0.1, 0.15) is 0 Å². The zero-order valence-electron chi connectivity index (χ0n) is 11.4. The molecule has 1 rings (SSSR count). The molecule has 1 amide bonds. The molecule has 18 heavy (non-hydrogen) atoms. The first-order chi connectivity index (χ1) is 8.51. The van der Waals surface area contributed by atoms with E-state index in [1.807, 2.05) is 13.8 Å². The molecule has 5 nitrogen and oxygen atoms in total. The van der Waals surface area contributed by atoms with Crippen LogP contribution in [0.1, 0.15) is 39.5 Å². The van der Waals surface area contributed by atoms with Gasteiger partial charge in [-0.2, -0.15) is 4.31 Å². The number of carbonyl (C=O) groups is 1. The van der Waals surface area contributed by atoms with Gasteiger partial charge >= 0.3 is 0 Å². The van der Waals surface area contributed by atoms with E-state index in [1.165, 1.54) is 4.31 Å². The second-order valence-corrected chi connectivity index (χ2v) is 6.79. The molecule has 0 unspecified atom stereocenters. The molecule has 0 bridgehead atoms. The molecule has 106 valence electrons. The SMILES string of the molecule is CCCCS(=O)(=O)N1CCN(C(=O)CCC)CC1. The van der Waals surface area contributed by atoms with Crippen LogP contribution in [0.2, 0.25) is 0 Å². The van der Waals surface area contributed by atoms with E-state index < -0.39 is 10.0 Å². The van der Waals surface area contributed by atoms with Crippen molar-refractivity contribution in [1.29, 1.82) is 0 Å². The van der Waals surface area contributed by atoms with Crippen molar-refractivity contribution in [1.82, 2.24) is 9.21 Å². The van der Waals surface area contributed by atoms with Gasteiger partial charge in [-0.1, -0.05) is 20.3 Å². The molecule has 0 saturated carbocycles. The zero-order valence-corrected chi connectivity index (χ0v) is 12.2. The van der Waals surface area contributed by atoms with E-state index in [2.05, 4.69) is 0 Å². The van der Waals surface area contributed by atoms with Crippen LogP contribution >= 0.6 is 0 Å². The van der Waals surface area contributed by atoms with Gasteiger partial charge in [-0.15, -0.1) is 0 Å². The maximum absolute atomic E-state index is 12.0. The third-order valence-electron chi connectivity index (χ3n) is 3.20. The van der Waals surface area contributed by atoms with E-state index in [0.717, 1.165) is 12.8 Å². The Morgan fingerprint density at radius 3 is 2.17 bits per heavy atom. The van der Waals surface area contributed by atoms with Crippen LogP contribution in [-0.4, -0.2) is 55.5 Å². The van der Waals surface area contributed by atoms with Crippen molar-refractivity contribution in [3.8, 4) is 0 Å². The predicted molar refractivity (Wildman–Crippen MR) is 71.8 cm³/mol. The lowest BCUT2D eigenvalue weighted by Crippen LogP contribution is -2.51. The molecule has 6 heteroatoms. The molecule has 1 fully saturated rings. The first-order valence-electron chi connectivity index (χ1n) is 6.76. The highest BCUT2D eigenvalue weighted by Crippen LogP contribution is 2.11. The van der Waals surface area contributed by atoms with E-state index >= 15 is 0 Å². The molecule has 0 N–H and O–H groups in total. The first-order valence-corrected chi connectivity index (χ1v) is 8.37. The summed E-state index contributed by atoms with van der Waals surface area (Å²) in [5.41, 5.74) is 0. The number of rotatable bonds is 6. The Morgan fingerprint density at radius 1 is 1.06 bits per heavy atom. The highest BCUT2D eigenvalue weighted by molar-refractivity contribution is 7.89. The standard InChI is InChI=1S/C12H24N2O3S/c1-3-5-11-18(16,17)14-9-7-13(8-10-14)12(15)6-4-2/h3-11H2,1-2H3. The number of hydrogen-bond acceptors (Lipinski definition) is 3. The normalized spacial score (nSPS) is 18.0. The quantitative estimate of drug-likeness (QED) is 0.729. The third kappa shape index (κ3) is 4.24. The van der Waals surface area contributed by atoms with E-state index in [9.17, 15) is 13.2 Å². The molecule has 0 aliphatic carbocycles. The smallest absolute Gasteiger partial charge is 0.222 e. The summed E-state index contributed by atoms with van der Waals surface area (Å²) in [5, 5.41) is 0. The maximum atomic E-state index is 12.0. The summed E-state index contributed by atoms with van der Waals surface area (Å²) in [6.45, 7) is 5.91. The molecule has 0 spiro atoms. The van der Waals surface area contributed by atoms with Gasteiger partial charge in [-0.25, -0.2) is 8.42 Å². The molecule has 0 radical (unpaired) electrons. The lowest BCUT2D eigenvalue weighted by Gasteiger charge is -2.34. The van der Waals surface area contributed by atoms with Crippen LogP contribution in [0, 0.1) is 0 Å². The second-order valence-electron chi connectivity index (χ2n) is 4.70. The summed E-state index contributed by atoms with van der Waals surface area (Å²) in [6, 6.07) is 0. The number of sulfonamides is 1. The van der Waals surface area contributed by atoms with E-state index in [4.69, 9.17) is 0 Å². The Bertz CT molecular complexity index is 360.